The molecule has 0 aliphatic carbocycles. The van der Waals surface area contributed by atoms with Crippen molar-refractivity contribution in [2.24, 2.45) is 0 Å². The van der Waals surface area contributed by atoms with E-state index in [9.17, 15) is 46.0 Å². The van der Waals surface area contributed by atoms with Gasteiger partial charge in [0.1, 0.15) is 22.1 Å². The summed E-state index contributed by atoms with van der Waals surface area (Å²) in [7, 11) is 0. The number of hydrogen-bond donors (Lipinski definition) is 1. The summed E-state index contributed by atoms with van der Waals surface area (Å²) in [6.07, 6.45) is -6.07. The summed E-state index contributed by atoms with van der Waals surface area (Å²) >= 11 is 0.364. The van der Waals surface area contributed by atoms with Crippen molar-refractivity contribution in [2.45, 2.75) is 101 Å². The molecule has 4 heterocycles. The number of carboxylic acids is 1. The van der Waals surface area contributed by atoms with Gasteiger partial charge in [-0.2, -0.15) is 31.6 Å². The highest BCUT2D eigenvalue weighted by atomic mass is 32.1. The number of benzene rings is 1. The second kappa shape index (κ2) is 17.5. The highest BCUT2D eigenvalue weighted by molar-refractivity contribution is 7.10. The van der Waals surface area contributed by atoms with Crippen LogP contribution in [0.15, 0.2) is 54.0 Å². The summed E-state index contributed by atoms with van der Waals surface area (Å²) in [4.78, 5) is 45.3. The zero-order chi connectivity index (χ0) is 40.7. The summed E-state index contributed by atoms with van der Waals surface area (Å²) in [5.74, 6) is -2.41. The van der Waals surface area contributed by atoms with Crippen LogP contribution in [0.3, 0.4) is 0 Å². The number of para-hydroxylation sites is 1. The van der Waals surface area contributed by atoms with Gasteiger partial charge in [-0.1, -0.05) is 31.5 Å². The summed E-state index contributed by atoms with van der Waals surface area (Å²) in [6, 6.07) is 10.8. The molecule has 3 aromatic rings. The van der Waals surface area contributed by atoms with E-state index in [1.165, 1.54) is 4.90 Å². The number of carbonyl (C=O) groups excluding carboxylic acids is 2. The molecule has 0 radical (unpaired) electrons. The number of likely N-dealkylation sites (tertiary alicyclic amines) is 2. The lowest BCUT2D eigenvalue weighted by Crippen LogP contribution is -2.68. The first-order valence-corrected chi connectivity index (χ1v) is 19.3. The number of aromatic nitrogens is 1. The van der Waals surface area contributed by atoms with Crippen molar-refractivity contribution in [1.29, 1.82) is 5.26 Å². The molecule has 1 N–H and O–H groups in total. The van der Waals surface area contributed by atoms with Crippen LogP contribution in [-0.2, 0) is 27.4 Å². The summed E-state index contributed by atoms with van der Waals surface area (Å²) in [5, 5.41) is 20.6. The minimum absolute atomic E-state index is 0.0176. The quantitative estimate of drug-likeness (QED) is 0.127. The molecule has 2 atom stereocenters. The maximum atomic E-state index is 15.0. The van der Waals surface area contributed by atoms with E-state index in [1.807, 2.05) is 0 Å². The molecule has 56 heavy (non-hydrogen) atoms. The molecule has 302 valence electrons. The number of aliphatic carboxylic acids is 1. The molecule has 0 spiro atoms. The van der Waals surface area contributed by atoms with Crippen molar-refractivity contribution in [3.8, 4) is 17.6 Å². The zero-order valence-electron chi connectivity index (χ0n) is 30.6. The molecule has 2 aromatic heterocycles. The number of nitrogens with zero attached hydrogens (tertiary/aromatic N) is 4. The lowest BCUT2D eigenvalue weighted by molar-refractivity contribution is -0.160. The number of carbonyl (C=O) groups is 3. The predicted molar refractivity (Wildman–Crippen MR) is 192 cm³/mol. The van der Waals surface area contributed by atoms with Crippen molar-refractivity contribution in [3.05, 3.63) is 75.7 Å². The first-order valence-electron chi connectivity index (χ1n) is 18.4. The Morgan fingerprint density at radius 2 is 1.73 bits per heavy atom. The second-order valence-corrected chi connectivity index (χ2v) is 14.9. The fourth-order valence-corrected chi connectivity index (χ4v) is 8.28. The van der Waals surface area contributed by atoms with Crippen LogP contribution in [0.2, 0.25) is 0 Å². The van der Waals surface area contributed by atoms with E-state index in [4.69, 9.17) is 14.6 Å². The molecule has 10 nitrogen and oxygen atoms in total. The number of nitriles is 1. The van der Waals surface area contributed by atoms with Gasteiger partial charge in [-0.15, -0.1) is 11.3 Å². The number of rotatable bonds is 14. The van der Waals surface area contributed by atoms with Crippen LogP contribution in [0.5, 0.6) is 11.5 Å². The SMILES string of the molecule is CCC[C@H]1N(C(=O)c2ncccc2C(F)(F)F)CCC[C@@]1(Oc1csc(C(F)(F)F)c1)C(=O)N1CCC(C#N)(c2ccccc2OCCCCCC(=O)O)CC1. The Hall–Kier alpha value is -4.85. The molecule has 0 bridgehead atoms. The number of amides is 2. The lowest BCUT2D eigenvalue weighted by Gasteiger charge is -2.51. The van der Waals surface area contributed by atoms with Gasteiger partial charge in [-0.25, -0.2) is 0 Å². The number of hydrogen-bond acceptors (Lipinski definition) is 8. The summed E-state index contributed by atoms with van der Waals surface area (Å²) in [6.45, 7) is 2.02. The molecule has 17 heteroatoms. The van der Waals surface area contributed by atoms with Crippen LogP contribution in [0.4, 0.5) is 26.3 Å². The number of alkyl halides is 6. The number of carboxylic acid groups (broad SMARTS) is 1. The van der Waals surface area contributed by atoms with Gasteiger partial charge in [-0.3, -0.25) is 19.4 Å². The van der Waals surface area contributed by atoms with E-state index in [0.717, 1.165) is 34.7 Å². The summed E-state index contributed by atoms with van der Waals surface area (Å²) in [5.41, 5.74) is -4.60. The van der Waals surface area contributed by atoms with Crippen molar-refractivity contribution in [2.75, 3.05) is 26.2 Å². The van der Waals surface area contributed by atoms with Gasteiger partial charge >= 0.3 is 18.3 Å². The number of halogens is 6. The number of thiophene rings is 1. The molecule has 2 amide bonds. The lowest BCUT2D eigenvalue weighted by atomic mass is 9.72. The van der Waals surface area contributed by atoms with Crippen LogP contribution in [-0.4, -0.2) is 75.6 Å². The molecule has 2 saturated heterocycles. The normalized spacial score (nSPS) is 19.9. The molecule has 1 aromatic carbocycles. The molecular formula is C39H42F6N4O6S. The Balaban J connectivity index is 1.46. The monoisotopic (exact) mass is 808 g/mol. The van der Waals surface area contributed by atoms with Crippen LogP contribution in [0.25, 0.3) is 0 Å². The van der Waals surface area contributed by atoms with Gasteiger partial charge in [0.15, 0.2) is 0 Å². The van der Waals surface area contributed by atoms with E-state index in [2.05, 4.69) is 11.1 Å². The highest BCUT2D eigenvalue weighted by Gasteiger charge is 2.57. The van der Waals surface area contributed by atoms with Crippen molar-refractivity contribution in [1.82, 2.24) is 14.8 Å². The Labute approximate surface area is 324 Å². The van der Waals surface area contributed by atoms with Crippen LogP contribution >= 0.6 is 11.3 Å². The third-order valence-corrected chi connectivity index (χ3v) is 11.3. The highest BCUT2D eigenvalue weighted by Crippen LogP contribution is 2.45. The van der Waals surface area contributed by atoms with Gasteiger partial charge in [0.25, 0.3) is 11.8 Å². The van der Waals surface area contributed by atoms with Crippen molar-refractivity contribution in [3.63, 3.8) is 0 Å². The largest absolute Gasteiger partial charge is 0.493 e. The van der Waals surface area contributed by atoms with Crippen molar-refractivity contribution < 1.29 is 55.3 Å². The first kappa shape index (κ1) is 42.3. The van der Waals surface area contributed by atoms with E-state index >= 15 is 0 Å². The fourth-order valence-electron chi connectivity index (χ4n) is 7.60. The second-order valence-electron chi connectivity index (χ2n) is 14.0. The third kappa shape index (κ3) is 9.22. The topological polar surface area (TPSA) is 133 Å². The molecular weight excluding hydrogens is 767 g/mol. The maximum Gasteiger partial charge on any atom is 0.425 e. The van der Waals surface area contributed by atoms with Crippen LogP contribution in [0.1, 0.15) is 97.6 Å². The molecule has 0 saturated carbocycles. The van der Waals surface area contributed by atoms with Gasteiger partial charge < -0.3 is 24.4 Å². The molecule has 5 rings (SSSR count). The Bertz CT molecular complexity index is 1900. The van der Waals surface area contributed by atoms with E-state index in [-0.39, 0.29) is 70.5 Å². The number of ether oxygens (including phenoxy) is 2. The first-order chi connectivity index (χ1) is 26.6. The molecule has 2 aliphatic rings. The number of piperidine rings is 2. The van der Waals surface area contributed by atoms with E-state index < -0.39 is 63.3 Å². The van der Waals surface area contributed by atoms with Gasteiger partial charge in [0, 0.05) is 55.7 Å². The third-order valence-electron chi connectivity index (χ3n) is 10.3. The van der Waals surface area contributed by atoms with E-state index in [1.54, 1.807) is 31.2 Å². The number of pyridine rings is 1. The maximum absolute atomic E-state index is 15.0. The average Bonchev–Trinajstić information content (AvgIpc) is 3.65. The Morgan fingerprint density at radius 1 is 1.00 bits per heavy atom. The standard InChI is InChI=1S/C39H42F6N4O6S/c1-2-10-30-37(55-26-23-31(56-24-26)39(43,44)45,15-9-19-49(30)34(52)33-28(38(40,41)42)12-8-18-47-33)35(53)48-20-16-36(25-46,17-21-48)27-11-5-6-13-29(27)54-22-7-3-4-14-32(50)51/h5-6,8,11-13,18,23-24,30H,2-4,7,9-10,14-17,19-22H2,1H3,(H,50,51)/t30-,37+/m1/s1. The van der Waals surface area contributed by atoms with Gasteiger partial charge in [0.05, 0.1) is 29.7 Å². The van der Waals surface area contributed by atoms with Gasteiger partial charge in [-0.05, 0) is 63.1 Å². The molecule has 2 aliphatic heterocycles. The summed E-state index contributed by atoms with van der Waals surface area (Å²) < 4.78 is 95.7. The zero-order valence-corrected chi connectivity index (χ0v) is 31.4. The molecule has 2 fully saturated rings. The Kier molecular flexibility index (Phi) is 13.2. The van der Waals surface area contributed by atoms with Crippen molar-refractivity contribution >= 4 is 29.1 Å². The molecule has 0 unspecified atom stereocenters. The number of unbranched alkanes of at least 4 members (excludes halogenated alkanes) is 2. The van der Waals surface area contributed by atoms with Crippen LogP contribution < -0.4 is 9.47 Å². The minimum Gasteiger partial charge on any atom is -0.493 e. The van der Waals surface area contributed by atoms with Crippen LogP contribution in [0, 0.1) is 11.3 Å². The predicted octanol–water partition coefficient (Wildman–Crippen LogP) is 8.51. The minimum atomic E-state index is -4.92. The smallest absolute Gasteiger partial charge is 0.425 e. The van der Waals surface area contributed by atoms with E-state index in [0.29, 0.717) is 48.3 Å². The van der Waals surface area contributed by atoms with Gasteiger partial charge in [0.2, 0.25) is 5.60 Å². The Morgan fingerprint density at radius 3 is 2.38 bits per heavy atom. The fraction of sp³-hybridized carbons (Fsp3) is 0.513. The average molecular weight is 809 g/mol.